The van der Waals surface area contributed by atoms with Gasteiger partial charge in [-0.05, 0) is 70.4 Å². The lowest BCUT2D eigenvalue weighted by Gasteiger charge is -2.26. The molecule has 0 unspecified atom stereocenters. The van der Waals surface area contributed by atoms with Gasteiger partial charge < -0.3 is 34.7 Å². The Balaban J connectivity index is 0.000000265. The third-order valence-corrected chi connectivity index (χ3v) is 9.45. The van der Waals surface area contributed by atoms with Gasteiger partial charge >= 0.3 is 6.09 Å². The van der Waals surface area contributed by atoms with Gasteiger partial charge in [-0.3, -0.25) is 9.59 Å². The Kier molecular flexibility index (Phi) is 13.8. The molecule has 272 valence electrons. The summed E-state index contributed by atoms with van der Waals surface area (Å²) in [5.74, 6) is 0.0463. The summed E-state index contributed by atoms with van der Waals surface area (Å²) in [7, 11) is 0. The number of aromatic nitrogens is 2. The molecule has 10 nitrogen and oxygen atoms in total. The number of nitrogens with zero attached hydrogens (tertiary/aromatic N) is 4. The van der Waals surface area contributed by atoms with Crippen molar-refractivity contribution in [1.82, 2.24) is 24.3 Å². The van der Waals surface area contributed by atoms with Crippen molar-refractivity contribution < 1.29 is 27.9 Å². The molecular formula is C34H47Cl3F2N6O4. The molecule has 3 amide bonds. The molecule has 0 spiro atoms. The minimum absolute atomic E-state index is 0. The molecule has 2 saturated carbocycles. The third-order valence-electron chi connectivity index (χ3n) is 8.56. The Labute approximate surface area is 303 Å². The zero-order valence-electron chi connectivity index (χ0n) is 27.4. The van der Waals surface area contributed by atoms with Gasteiger partial charge in [-0.1, -0.05) is 30.6 Å². The highest BCUT2D eigenvalue weighted by molar-refractivity contribution is 6.31. The smallest absolute Gasteiger partial charge is 0.407 e. The van der Waals surface area contributed by atoms with Crippen LogP contribution in [-0.2, 0) is 30.7 Å². The molecule has 0 radical (unpaired) electrons. The Hall–Kier alpha value is -3.06. The van der Waals surface area contributed by atoms with Crippen LogP contribution in [-0.4, -0.2) is 80.7 Å². The van der Waals surface area contributed by atoms with Crippen molar-refractivity contribution in [1.29, 1.82) is 0 Å². The zero-order valence-corrected chi connectivity index (χ0v) is 29.7. The van der Waals surface area contributed by atoms with E-state index in [0.29, 0.717) is 70.3 Å². The molecule has 2 aliphatic heterocycles. The van der Waals surface area contributed by atoms with E-state index in [9.17, 15) is 23.2 Å². The quantitative estimate of drug-likeness (QED) is 0.291. The predicted molar refractivity (Wildman–Crippen MR) is 190 cm³/mol. The Bertz CT molecular complexity index is 1590. The summed E-state index contributed by atoms with van der Waals surface area (Å²) in [5.41, 5.74) is 8.55. The molecule has 2 fully saturated rings. The fourth-order valence-electron chi connectivity index (χ4n) is 5.88. The first-order valence-electron chi connectivity index (χ1n) is 15.9. The molecule has 2 aromatic rings. The number of halogens is 5. The van der Waals surface area contributed by atoms with Crippen molar-refractivity contribution in [2.75, 3.05) is 26.2 Å². The molecule has 0 bridgehead atoms. The van der Waals surface area contributed by atoms with E-state index >= 15 is 0 Å². The molecule has 2 aromatic heterocycles. The summed E-state index contributed by atoms with van der Waals surface area (Å²) in [5, 5.41) is 3.50. The van der Waals surface area contributed by atoms with Gasteiger partial charge in [0.05, 0.1) is 23.8 Å². The first-order chi connectivity index (χ1) is 22.3. The summed E-state index contributed by atoms with van der Waals surface area (Å²) in [4.78, 5) is 40.7. The molecule has 0 atom stereocenters. The van der Waals surface area contributed by atoms with Gasteiger partial charge in [0.1, 0.15) is 15.9 Å². The zero-order chi connectivity index (χ0) is 34.0. The van der Waals surface area contributed by atoms with Gasteiger partial charge in [-0.2, -0.15) is 0 Å². The van der Waals surface area contributed by atoms with Crippen LogP contribution in [0.5, 0.6) is 0 Å². The predicted octanol–water partition coefficient (Wildman–Crippen LogP) is 6.85. The van der Waals surface area contributed by atoms with Crippen molar-refractivity contribution in [2.45, 2.75) is 97.5 Å². The van der Waals surface area contributed by atoms with Crippen molar-refractivity contribution in [3.05, 3.63) is 68.8 Å². The number of nitrogens with one attached hydrogen (secondary N) is 1. The van der Waals surface area contributed by atoms with Gasteiger partial charge in [0.25, 0.3) is 11.8 Å². The molecule has 2 aliphatic carbocycles. The number of fused-ring (bicyclic) bond motifs is 2. The molecule has 15 heteroatoms. The maximum absolute atomic E-state index is 13.3. The molecule has 3 N–H and O–H groups in total. The topological polar surface area (TPSA) is 115 Å². The highest BCUT2D eigenvalue weighted by Crippen LogP contribution is 2.36. The van der Waals surface area contributed by atoms with Gasteiger partial charge in [0.15, 0.2) is 0 Å². The molecule has 0 aromatic carbocycles. The SMILES string of the molecule is C.CC(C)(C)OC(=O)NC/C(=C\F)Cn1cc2c(c1Cl)CCN(C1CC1)C2=O.Cl.NC/C(=C\F)Cn1cc2c(c1Cl)CCN(C1CC1)C2=O. The van der Waals surface area contributed by atoms with E-state index in [-0.39, 0.29) is 57.8 Å². The van der Waals surface area contributed by atoms with Crippen LogP contribution in [0, 0.1) is 0 Å². The molecule has 4 aliphatic rings. The van der Waals surface area contributed by atoms with E-state index in [1.165, 1.54) is 0 Å². The highest BCUT2D eigenvalue weighted by Gasteiger charge is 2.39. The Morgan fingerprint density at radius 2 is 1.33 bits per heavy atom. The lowest BCUT2D eigenvalue weighted by Crippen LogP contribution is -2.38. The van der Waals surface area contributed by atoms with Crippen LogP contribution in [0.1, 0.15) is 85.7 Å². The number of alkyl carbamates (subject to hydrolysis) is 1. The monoisotopic (exact) mass is 746 g/mol. The first-order valence-corrected chi connectivity index (χ1v) is 16.7. The van der Waals surface area contributed by atoms with Crippen LogP contribution < -0.4 is 11.1 Å². The normalized spacial score (nSPS) is 17.7. The minimum Gasteiger partial charge on any atom is -0.444 e. The van der Waals surface area contributed by atoms with E-state index < -0.39 is 11.7 Å². The van der Waals surface area contributed by atoms with E-state index in [2.05, 4.69) is 5.32 Å². The lowest BCUT2D eigenvalue weighted by molar-refractivity contribution is 0.0531. The molecule has 0 saturated heterocycles. The highest BCUT2D eigenvalue weighted by atomic mass is 35.5. The van der Waals surface area contributed by atoms with E-state index in [0.717, 1.165) is 49.8 Å². The summed E-state index contributed by atoms with van der Waals surface area (Å²) < 4.78 is 34.5. The van der Waals surface area contributed by atoms with Crippen LogP contribution in [0.2, 0.25) is 10.3 Å². The number of ether oxygens (including phenoxy) is 1. The second-order valence-electron chi connectivity index (χ2n) is 13.4. The molecule has 6 rings (SSSR count). The summed E-state index contributed by atoms with van der Waals surface area (Å²) in [6, 6.07) is 0.759. The van der Waals surface area contributed by atoms with Crippen molar-refractivity contribution in [2.24, 2.45) is 5.73 Å². The average molecular weight is 748 g/mol. The Morgan fingerprint density at radius 1 is 0.898 bits per heavy atom. The van der Waals surface area contributed by atoms with Gasteiger partial charge in [0, 0.05) is 74.9 Å². The fourth-order valence-corrected chi connectivity index (χ4v) is 6.49. The first kappa shape index (κ1) is 40.4. The number of carbonyl (C=O) groups is 3. The number of amides is 3. The van der Waals surface area contributed by atoms with E-state index in [4.69, 9.17) is 33.7 Å². The summed E-state index contributed by atoms with van der Waals surface area (Å²) in [6.07, 6.45) is 9.53. The number of carbonyl (C=O) groups excluding carboxylic acids is 3. The van der Waals surface area contributed by atoms with Crippen molar-refractivity contribution >= 4 is 53.5 Å². The van der Waals surface area contributed by atoms with E-state index in [1.807, 2.05) is 9.80 Å². The lowest BCUT2D eigenvalue weighted by atomic mass is 10.0. The van der Waals surface area contributed by atoms with Crippen molar-refractivity contribution in [3.63, 3.8) is 0 Å². The minimum atomic E-state index is -0.625. The summed E-state index contributed by atoms with van der Waals surface area (Å²) >= 11 is 12.7. The second kappa shape index (κ2) is 16.8. The largest absolute Gasteiger partial charge is 0.444 e. The summed E-state index contributed by atoms with van der Waals surface area (Å²) in [6.45, 7) is 7.23. The maximum atomic E-state index is 13.3. The second-order valence-corrected chi connectivity index (χ2v) is 14.1. The van der Waals surface area contributed by atoms with Crippen LogP contribution in [0.15, 0.2) is 36.2 Å². The number of nitrogens with two attached hydrogens (primary N) is 1. The number of rotatable bonds is 9. The standard InChI is InChI=1S/C19H25ClFN3O3.C14H17ClFN3O.CH4.ClH/c1-19(2,3)27-18(26)22-9-12(8-21)10-23-11-15-14(16(23)20)6-7-24(17(15)25)13-4-5-13;15-13-11-3-4-19(10-1-2-10)14(20)12(11)8-18(13)7-9(5-16)6-17;;/h8,11,13H,4-7,9-10H2,1-3H3,(H,22,26);5,8,10H,1-4,6-7,17H2;1H4;1H/b12-8+;9-5+;;. The van der Waals surface area contributed by atoms with Gasteiger partial charge in [-0.25, -0.2) is 13.6 Å². The third kappa shape index (κ3) is 9.59. The Morgan fingerprint density at radius 3 is 1.69 bits per heavy atom. The molecule has 49 heavy (non-hydrogen) atoms. The molecule has 4 heterocycles. The number of hydrogen-bond donors (Lipinski definition) is 2. The van der Waals surface area contributed by atoms with Crippen LogP contribution in [0.4, 0.5) is 13.6 Å². The van der Waals surface area contributed by atoms with Gasteiger partial charge in [0.2, 0.25) is 0 Å². The fraction of sp³-hybridized carbons (Fsp3) is 0.559. The maximum Gasteiger partial charge on any atom is 0.407 e. The van der Waals surface area contributed by atoms with Crippen LogP contribution >= 0.6 is 35.6 Å². The number of hydrogen-bond acceptors (Lipinski definition) is 5. The van der Waals surface area contributed by atoms with Crippen LogP contribution in [0.3, 0.4) is 0 Å². The van der Waals surface area contributed by atoms with Gasteiger partial charge in [-0.15, -0.1) is 12.4 Å². The van der Waals surface area contributed by atoms with E-state index in [1.54, 1.807) is 42.3 Å². The van der Waals surface area contributed by atoms with Crippen LogP contribution in [0.25, 0.3) is 0 Å². The average Bonchev–Trinajstić information content (AvgIpc) is 3.96. The van der Waals surface area contributed by atoms with Crippen molar-refractivity contribution in [3.8, 4) is 0 Å². The molecular weight excluding hydrogens is 701 g/mol.